The van der Waals surface area contributed by atoms with Crippen LogP contribution in [0.1, 0.15) is 24.8 Å². The van der Waals surface area contributed by atoms with E-state index in [0.29, 0.717) is 12.5 Å². The van der Waals surface area contributed by atoms with E-state index in [1.54, 1.807) is 0 Å². The summed E-state index contributed by atoms with van der Waals surface area (Å²) >= 11 is 3.40. The van der Waals surface area contributed by atoms with Gasteiger partial charge in [0, 0.05) is 24.1 Å². The monoisotopic (exact) mass is 324 g/mol. The highest BCUT2D eigenvalue weighted by Crippen LogP contribution is 2.12. The maximum atomic E-state index is 12.2. The van der Waals surface area contributed by atoms with E-state index in [1.807, 2.05) is 36.2 Å². The number of hydrogen-bond acceptors (Lipinski definition) is 2. The highest BCUT2D eigenvalue weighted by atomic mass is 79.9. The zero-order valence-electron chi connectivity index (χ0n) is 11.4. The minimum Gasteiger partial charge on any atom is -0.344 e. The molecule has 1 atom stereocenters. The molecule has 2 rings (SSSR count). The molecule has 1 saturated heterocycles. The summed E-state index contributed by atoms with van der Waals surface area (Å²) in [6.45, 7) is 1.90. The lowest BCUT2D eigenvalue weighted by molar-refractivity contribution is -0.129. The van der Waals surface area contributed by atoms with Crippen molar-refractivity contribution >= 4 is 21.8 Å². The van der Waals surface area contributed by atoms with Gasteiger partial charge in [0.15, 0.2) is 0 Å². The first-order valence-electron chi connectivity index (χ1n) is 6.87. The molecular formula is C15H21BrN2O. The number of amides is 1. The average molecular weight is 325 g/mol. The van der Waals surface area contributed by atoms with Gasteiger partial charge in [0.25, 0.3) is 0 Å². The van der Waals surface area contributed by atoms with Crippen molar-refractivity contribution in [3.05, 3.63) is 34.3 Å². The van der Waals surface area contributed by atoms with Gasteiger partial charge in [-0.3, -0.25) is 4.79 Å². The first kappa shape index (κ1) is 14.5. The number of nitrogens with zero attached hydrogens (tertiary/aromatic N) is 1. The fraction of sp³-hybridized carbons (Fsp3) is 0.533. The third-order valence-corrected chi connectivity index (χ3v) is 4.13. The van der Waals surface area contributed by atoms with Crippen LogP contribution < -0.4 is 5.32 Å². The molecule has 0 bridgehead atoms. The fourth-order valence-electron chi connectivity index (χ4n) is 2.42. The molecule has 1 aliphatic rings. The number of rotatable bonds is 4. The van der Waals surface area contributed by atoms with Gasteiger partial charge < -0.3 is 10.2 Å². The third-order valence-electron chi connectivity index (χ3n) is 3.60. The summed E-state index contributed by atoms with van der Waals surface area (Å²) < 4.78 is 1.04. The number of likely N-dealkylation sites (N-methyl/N-ethyl adjacent to an activating group) is 1. The molecule has 1 aromatic carbocycles. The Hall–Kier alpha value is -0.870. The molecule has 0 saturated carbocycles. The van der Waals surface area contributed by atoms with Crippen molar-refractivity contribution in [3.8, 4) is 0 Å². The van der Waals surface area contributed by atoms with Crippen molar-refractivity contribution in [2.45, 2.75) is 31.7 Å². The van der Waals surface area contributed by atoms with E-state index in [9.17, 15) is 4.79 Å². The summed E-state index contributed by atoms with van der Waals surface area (Å²) in [4.78, 5) is 14.0. The minimum atomic E-state index is 0.190. The molecule has 1 aromatic rings. The van der Waals surface area contributed by atoms with Crippen molar-refractivity contribution in [1.29, 1.82) is 0 Å². The van der Waals surface area contributed by atoms with Crippen molar-refractivity contribution in [1.82, 2.24) is 10.2 Å². The zero-order valence-corrected chi connectivity index (χ0v) is 12.9. The Labute approximate surface area is 123 Å². The molecule has 0 spiro atoms. The van der Waals surface area contributed by atoms with Crippen molar-refractivity contribution in [2.24, 2.45) is 0 Å². The maximum Gasteiger partial charge on any atom is 0.226 e. The largest absolute Gasteiger partial charge is 0.344 e. The highest BCUT2D eigenvalue weighted by Gasteiger charge is 2.17. The van der Waals surface area contributed by atoms with Gasteiger partial charge in [0.05, 0.1) is 6.42 Å². The Morgan fingerprint density at radius 2 is 2.11 bits per heavy atom. The van der Waals surface area contributed by atoms with Crippen LogP contribution in [-0.4, -0.2) is 37.0 Å². The lowest BCUT2D eigenvalue weighted by atomic mass is 10.0. The lowest BCUT2D eigenvalue weighted by Crippen LogP contribution is -2.44. The van der Waals surface area contributed by atoms with Gasteiger partial charge >= 0.3 is 0 Å². The first-order valence-corrected chi connectivity index (χ1v) is 7.66. The molecule has 1 amide bonds. The summed E-state index contributed by atoms with van der Waals surface area (Å²) in [6.07, 6.45) is 4.19. The van der Waals surface area contributed by atoms with E-state index in [4.69, 9.17) is 0 Å². The molecule has 4 heteroatoms. The second kappa shape index (κ2) is 7.06. The molecule has 0 aliphatic carbocycles. The van der Waals surface area contributed by atoms with E-state index in [0.717, 1.165) is 23.1 Å². The Morgan fingerprint density at radius 3 is 2.74 bits per heavy atom. The van der Waals surface area contributed by atoms with Gasteiger partial charge in [-0.15, -0.1) is 0 Å². The van der Waals surface area contributed by atoms with Crippen LogP contribution in [0.3, 0.4) is 0 Å². The van der Waals surface area contributed by atoms with E-state index in [1.165, 1.54) is 19.3 Å². The molecule has 1 fully saturated rings. The van der Waals surface area contributed by atoms with Gasteiger partial charge in [-0.05, 0) is 37.1 Å². The number of halogens is 1. The molecule has 1 N–H and O–H groups in total. The Balaban J connectivity index is 1.83. The standard InChI is InChI=1S/C15H21BrN2O/c1-18(11-14-4-2-3-9-17-14)15(19)10-12-5-7-13(16)8-6-12/h5-8,14,17H,2-4,9-11H2,1H3. The quantitative estimate of drug-likeness (QED) is 0.923. The number of hydrogen-bond donors (Lipinski definition) is 1. The molecule has 1 aliphatic heterocycles. The fourth-order valence-corrected chi connectivity index (χ4v) is 2.69. The van der Waals surface area contributed by atoms with Crippen LogP contribution in [0.25, 0.3) is 0 Å². The normalized spacial score (nSPS) is 19.2. The average Bonchev–Trinajstić information content (AvgIpc) is 2.42. The molecule has 1 unspecified atom stereocenters. The second-order valence-electron chi connectivity index (χ2n) is 5.22. The van der Waals surface area contributed by atoms with Crippen LogP contribution >= 0.6 is 15.9 Å². The number of carbonyl (C=O) groups excluding carboxylic acids is 1. The van der Waals surface area contributed by atoms with Crippen molar-refractivity contribution in [2.75, 3.05) is 20.1 Å². The van der Waals surface area contributed by atoms with Gasteiger partial charge in [-0.2, -0.15) is 0 Å². The summed E-state index contributed by atoms with van der Waals surface area (Å²) in [5.41, 5.74) is 1.07. The van der Waals surface area contributed by atoms with Crippen LogP contribution in [0.2, 0.25) is 0 Å². The number of nitrogens with one attached hydrogen (secondary N) is 1. The minimum absolute atomic E-state index is 0.190. The van der Waals surface area contributed by atoms with E-state index < -0.39 is 0 Å². The molecule has 0 aromatic heterocycles. The van der Waals surface area contributed by atoms with Gasteiger partial charge in [-0.25, -0.2) is 0 Å². The van der Waals surface area contributed by atoms with Gasteiger partial charge in [0.1, 0.15) is 0 Å². The zero-order chi connectivity index (χ0) is 13.7. The predicted molar refractivity (Wildman–Crippen MR) is 81.1 cm³/mol. The van der Waals surface area contributed by atoms with Gasteiger partial charge in [0.2, 0.25) is 5.91 Å². The van der Waals surface area contributed by atoms with Crippen LogP contribution in [0, 0.1) is 0 Å². The summed E-state index contributed by atoms with van der Waals surface area (Å²) in [7, 11) is 1.90. The molecule has 19 heavy (non-hydrogen) atoms. The second-order valence-corrected chi connectivity index (χ2v) is 6.14. The van der Waals surface area contributed by atoms with E-state index in [-0.39, 0.29) is 5.91 Å². The lowest BCUT2D eigenvalue weighted by Gasteiger charge is -2.28. The highest BCUT2D eigenvalue weighted by molar-refractivity contribution is 9.10. The number of piperidine rings is 1. The van der Waals surface area contributed by atoms with E-state index >= 15 is 0 Å². The molecule has 0 radical (unpaired) electrons. The predicted octanol–water partition coefficient (Wildman–Crippen LogP) is 2.59. The van der Waals surface area contributed by atoms with E-state index in [2.05, 4.69) is 21.2 Å². The summed E-state index contributed by atoms with van der Waals surface area (Å²) in [5.74, 6) is 0.190. The van der Waals surface area contributed by atoms with Crippen molar-refractivity contribution in [3.63, 3.8) is 0 Å². The topological polar surface area (TPSA) is 32.3 Å². The smallest absolute Gasteiger partial charge is 0.226 e. The Bertz CT molecular complexity index is 413. The molecule has 104 valence electrons. The first-order chi connectivity index (χ1) is 9.15. The number of benzene rings is 1. The van der Waals surface area contributed by atoms with Crippen LogP contribution in [0.4, 0.5) is 0 Å². The molecular weight excluding hydrogens is 304 g/mol. The van der Waals surface area contributed by atoms with Crippen molar-refractivity contribution < 1.29 is 4.79 Å². The maximum absolute atomic E-state index is 12.2. The summed E-state index contributed by atoms with van der Waals surface area (Å²) in [6, 6.07) is 8.41. The van der Waals surface area contributed by atoms with Crippen LogP contribution in [-0.2, 0) is 11.2 Å². The van der Waals surface area contributed by atoms with Crippen LogP contribution in [0.15, 0.2) is 28.7 Å². The third kappa shape index (κ3) is 4.62. The Kier molecular flexibility index (Phi) is 5.40. The molecule has 3 nitrogen and oxygen atoms in total. The SMILES string of the molecule is CN(CC1CCCCN1)C(=O)Cc1ccc(Br)cc1. The van der Waals surface area contributed by atoms with Crippen LogP contribution in [0.5, 0.6) is 0 Å². The summed E-state index contributed by atoms with van der Waals surface area (Å²) in [5, 5.41) is 3.48. The Morgan fingerprint density at radius 1 is 1.37 bits per heavy atom. The van der Waals surface area contributed by atoms with Gasteiger partial charge in [-0.1, -0.05) is 34.5 Å². The molecule has 1 heterocycles. The number of carbonyl (C=O) groups is 1.